The Kier molecular flexibility index (Phi) is 4.23. The molecule has 1 atom stereocenters. The van der Waals surface area contributed by atoms with Crippen LogP contribution < -0.4 is 9.47 Å². The van der Waals surface area contributed by atoms with Gasteiger partial charge in [-0.2, -0.15) is 5.10 Å². The smallest absolute Gasteiger partial charge is 0.219 e. The Morgan fingerprint density at radius 3 is 2.59 bits per heavy atom. The number of amides is 1. The fourth-order valence-corrected chi connectivity index (χ4v) is 4.74. The van der Waals surface area contributed by atoms with Gasteiger partial charge in [0.05, 0.1) is 18.9 Å². The van der Waals surface area contributed by atoms with Gasteiger partial charge in [0, 0.05) is 44.8 Å². The Morgan fingerprint density at radius 1 is 1.14 bits per heavy atom. The summed E-state index contributed by atoms with van der Waals surface area (Å²) in [6.07, 6.45) is 2.25. The first-order valence-corrected chi connectivity index (χ1v) is 10.1. The first kappa shape index (κ1) is 18.0. The van der Waals surface area contributed by atoms with Gasteiger partial charge in [-0.15, -0.1) is 0 Å². The lowest BCUT2D eigenvalue weighted by Crippen LogP contribution is -2.59. The van der Waals surface area contributed by atoms with Gasteiger partial charge in [0.25, 0.3) is 0 Å². The van der Waals surface area contributed by atoms with Gasteiger partial charge in [-0.05, 0) is 11.6 Å². The third-order valence-corrected chi connectivity index (χ3v) is 6.31. The van der Waals surface area contributed by atoms with Crippen molar-refractivity contribution >= 4 is 11.6 Å². The molecule has 1 fully saturated rings. The lowest BCUT2D eigenvalue weighted by Gasteiger charge is -2.51. The summed E-state index contributed by atoms with van der Waals surface area (Å²) in [5.74, 6) is 1.68. The highest BCUT2D eigenvalue weighted by Gasteiger charge is 2.52. The number of fused-ring (bicyclic) bond motifs is 4. The maximum absolute atomic E-state index is 11.9. The zero-order chi connectivity index (χ0) is 20.0. The summed E-state index contributed by atoms with van der Waals surface area (Å²) in [6, 6.07) is 16.5. The Balaban J connectivity index is 1.58. The number of likely N-dealkylation sites (tertiary alicyclic amines) is 1. The van der Waals surface area contributed by atoms with Gasteiger partial charge in [-0.1, -0.05) is 42.5 Å². The molecule has 5 rings (SSSR count). The van der Waals surface area contributed by atoms with Gasteiger partial charge in [0.2, 0.25) is 11.6 Å². The van der Waals surface area contributed by atoms with Gasteiger partial charge < -0.3 is 14.4 Å². The van der Waals surface area contributed by atoms with Gasteiger partial charge in [0.15, 0.2) is 11.5 Å². The number of hydrogen-bond acceptors (Lipinski definition) is 5. The monoisotopic (exact) mass is 391 g/mol. The van der Waals surface area contributed by atoms with Crippen LogP contribution in [0.5, 0.6) is 11.5 Å². The van der Waals surface area contributed by atoms with Crippen molar-refractivity contribution in [1.82, 2.24) is 9.91 Å². The van der Waals surface area contributed by atoms with Crippen molar-refractivity contribution < 1.29 is 14.3 Å². The Hall–Kier alpha value is -3.02. The molecule has 29 heavy (non-hydrogen) atoms. The Labute approximate surface area is 170 Å². The van der Waals surface area contributed by atoms with E-state index in [0.29, 0.717) is 25.9 Å². The first-order chi connectivity index (χ1) is 14.1. The van der Waals surface area contributed by atoms with Gasteiger partial charge >= 0.3 is 0 Å². The van der Waals surface area contributed by atoms with Crippen LogP contribution in [0, 0.1) is 0 Å². The third-order valence-electron chi connectivity index (χ3n) is 6.31. The van der Waals surface area contributed by atoms with Crippen molar-refractivity contribution in [3.05, 3.63) is 59.7 Å². The van der Waals surface area contributed by atoms with Crippen molar-refractivity contribution in [2.45, 2.75) is 38.0 Å². The number of hydrogen-bond donors (Lipinski definition) is 0. The molecule has 150 valence electrons. The maximum Gasteiger partial charge on any atom is 0.219 e. The van der Waals surface area contributed by atoms with Crippen molar-refractivity contribution in [3.63, 3.8) is 0 Å². The van der Waals surface area contributed by atoms with Crippen molar-refractivity contribution in [2.24, 2.45) is 5.10 Å². The Bertz CT molecular complexity index is 965. The quantitative estimate of drug-likeness (QED) is 0.785. The molecule has 3 aliphatic heterocycles. The molecule has 2 aromatic carbocycles. The van der Waals surface area contributed by atoms with Crippen molar-refractivity contribution in [2.75, 3.05) is 20.2 Å². The summed E-state index contributed by atoms with van der Waals surface area (Å²) < 4.78 is 12.3. The summed E-state index contributed by atoms with van der Waals surface area (Å²) in [6.45, 7) is 2.96. The standard InChI is InChI=1S/C23H25N3O3/c1-16(27)25-13-11-23(12-14-25)26-20(15-19(24-26)17-7-4-3-5-8-17)18-9-6-10-21(28-2)22(18)29-23/h3-10,20H,11-15H2,1-2H3. The van der Waals surface area contributed by atoms with E-state index >= 15 is 0 Å². The number of carbonyl (C=O) groups is 1. The number of methoxy groups -OCH3 is 1. The van der Waals surface area contributed by atoms with Gasteiger partial charge in [0.1, 0.15) is 0 Å². The molecule has 6 heteroatoms. The number of nitrogens with zero attached hydrogens (tertiary/aromatic N) is 3. The van der Waals surface area contributed by atoms with Crippen LogP contribution in [0.2, 0.25) is 0 Å². The second kappa shape index (κ2) is 6.79. The van der Waals surface area contributed by atoms with E-state index in [1.807, 2.05) is 35.2 Å². The number of rotatable bonds is 2. The van der Waals surface area contributed by atoms with Crippen LogP contribution in [-0.2, 0) is 4.79 Å². The molecule has 1 spiro atoms. The van der Waals surface area contributed by atoms with E-state index in [2.05, 4.69) is 23.2 Å². The molecule has 0 aliphatic carbocycles. The fraction of sp³-hybridized carbons (Fsp3) is 0.391. The number of benzene rings is 2. The summed E-state index contributed by atoms with van der Waals surface area (Å²) >= 11 is 0. The lowest BCUT2D eigenvalue weighted by molar-refractivity contribution is -0.159. The topological polar surface area (TPSA) is 54.4 Å². The molecule has 0 N–H and O–H groups in total. The van der Waals surface area contributed by atoms with E-state index in [1.54, 1.807) is 14.0 Å². The van der Waals surface area contributed by atoms with Crippen LogP contribution in [0.4, 0.5) is 0 Å². The zero-order valence-electron chi connectivity index (χ0n) is 16.8. The number of piperidine rings is 1. The summed E-state index contributed by atoms with van der Waals surface area (Å²) in [5.41, 5.74) is 2.76. The second-order valence-electron chi connectivity index (χ2n) is 7.91. The molecule has 1 unspecified atom stereocenters. The lowest BCUT2D eigenvalue weighted by atomic mass is 9.90. The molecule has 3 aliphatic rings. The summed E-state index contributed by atoms with van der Waals surface area (Å²) in [5, 5.41) is 7.22. The summed E-state index contributed by atoms with van der Waals surface area (Å²) in [4.78, 5) is 13.7. The average Bonchev–Trinajstić information content (AvgIpc) is 3.21. The van der Waals surface area contributed by atoms with Crippen LogP contribution in [-0.4, -0.2) is 47.5 Å². The molecular weight excluding hydrogens is 366 g/mol. The second-order valence-corrected chi connectivity index (χ2v) is 7.91. The normalized spacial score (nSPS) is 21.9. The summed E-state index contributed by atoms with van der Waals surface area (Å²) in [7, 11) is 1.68. The minimum absolute atomic E-state index is 0.105. The van der Waals surface area contributed by atoms with Crippen molar-refractivity contribution in [3.8, 4) is 11.5 Å². The Morgan fingerprint density at radius 2 is 1.90 bits per heavy atom. The fourth-order valence-electron chi connectivity index (χ4n) is 4.74. The highest BCUT2D eigenvalue weighted by atomic mass is 16.5. The van der Waals surface area contributed by atoms with Crippen LogP contribution in [0.25, 0.3) is 0 Å². The number of hydrazone groups is 1. The van der Waals surface area contributed by atoms with Crippen molar-refractivity contribution in [1.29, 1.82) is 0 Å². The molecule has 0 bridgehead atoms. The zero-order valence-corrected chi connectivity index (χ0v) is 16.8. The van der Waals surface area contributed by atoms with E-state index in [0.717, 1.165) is 34.8 Å². The maximum atomic E-state index is 11.9. The highest BCUT2D eigenvalue weighted by Crippen LogP contribution is 2.52. The minimum atomic E-state index is -0.561. The average molecular weight is 391 g/mol. The third kappa shape index (κ3) is 2.85. The SMILES string of the molecule is COc1cccc2c1OC1(CCN(C(C)=O)CC1)N1N=C(c3ccccc3)CC21. The molecule has 2 aromatic rings. The van der Waals surface area contributed by atoms with E-state index in [1.165, 1.54) is 0 Å². The molecule has 0 aromatic heterocycles. The first-order valence-electron chi connectivity index (χ1n) is 10.1. The molecule has 6 nitrogen and oxygen atoms in total. The molecule has 1 amide bonds. The van der Waals surface area contributed by atoms with Crippen LogP contribution in [0.3, 0.4) is 0 Å². The molecule has 0 saturated carbocycles. The number of carbonyl (C=O) groups excluding carboxylic acids is 1. The largest absolute Gasteiger partial charge is 0.493 e. The van der Waals surface area contributed by atoms with Gasteiger partial charge in [-0.3, -0.25) is 4.79 Å². The predicted molar refractivity (Wildman–Crippen MR) is 110 cm³/mol. The van der Waals surface area contributed by atoms with Gasteiger partial charge in [-0.25, -0.2) is 5.01 Å². The van der Waals surface area contributed by atoms with E-state index < -0.39 is 5.72 Å². The van der Waals surface area contributed by atoms with E-state index in [-0.39, 0.29) is 11.9 Å². The highest BCUT2D eigenvalue weighted by molar-refractivity contribution is 6.02. The molecular formula is C23H25N3O3. The predicted octanol–water partition coefficient (Wildman–Crippen LogP) is 3.58. The molecule has 0 radical (unpaired) electrons. The molecule has 3 heterocycles. The van der Waals surface area contributed by atoms with E-state index in [4.69, 9.17) is 14.6 Å². The van der Waals surface area contributed by atoms with Crippen LogP contribution >= 0.6 is 0 Å². The van der Waals surface area contributed by atoms with Crippen LogP contribution in [0.15, 0.2) is 53.6 Å². The van der Waals surface area contributed by atoms with E-state index in [9.17, 15) is 4.79 Å². The number of para-hydroxylation sites is 1. The minimum Gasteiger partial charge on any atom is -0.493 e. The number of ether oxygens (including phenoxy) is 2. The molecule has 1 saturated heterocycles. The van der Waals surface area contributed by atoms with Crippen LogP contribution in [0.1, 0.15) is 43.4 Å².